The number of rotatable bonds is 2. The summed E-state index contributed by atoms with van der Waals surface area (Å²) < 4.78 is 7.76. The van der Waals surface area contributed by atoms with Gasteiger partial charge in [-0.3, -0.25) is 4.79 Å². The molecular weight excluding hydrogens is 397 g/mol. The van der Waals surface area contributed by atoms with E-state index in [4.69, 9.17) is 4.74 Å². The van der Waals surface area contributed by atoms with Gasteiger partial charge in [-0.25, -0.2) is 0 Å². The van der Waals surface area contributed by atoms with Crippen molar-refractivity contribution >= 4 is 44.4 Å². The average Bonchev–Trinajstić information content (AvgIpc) is 2.29. The molecule has 0 radical (unpaired) electrons. The summed E-state index contributed by atoms with van der Waals surface area (Å²) in [6, 6.07) is 4.16. The predicted octanol–water partition coefficient (Wildman–Crippen LogP) is 2.42. The van der Waals surface area contributed by atoms with Crippen LogP contribution in [0.4, 0.5) is 0 Å². The molecule has 1 atom stereocenters. The van der Waals surface area contributed by atoms with Crippen molar-refractivity contribution in [2.75, 3.05) is 13.2 Å². The molecule has 5 heteroatoms. The van der Waals surface area contributed by atoms with E-state index < -0.39 is 0 Å². The Morgan fingerprint density at radius 1 is 1.59 bits per heavy atom. The van der Waals surface area contributed by atoms with Gasteiger partial charge in [0.1, 0.15) is 6.10 Å². The summed E-state index contributed by atoms with van der Waals surface area (Å²) in [6.07, 6.45) is 0.275. The van der Waals surface area contributed by atoms with Crippen LogP contribution >= 0.6 is 38.5 Å². The van der Waals surface area contributed by atoms with Crippen LogP contribution in [0.3, 0.4) is 0 Å². The van der Waals surface area contributed by atoms with Gasteiger partial charge in [0.05, 0.1) is 6.61 Å². The molecule has 0 saturated carbocycles. The molecule has 2 rings (SSSR count). The Hall–Kier alpha value is -0.140. The molecule has 1 aliphatic rings. The van der Waals surface area contributed by atoms with E-state index in [0.717, 1.165) is 10.0 Å². The zero-order valence-corrected chi connectivity index (χ0v) is 13.2. The summed E-state index contributed by atoms with van der Waals surface area (Å²) in [6.45, 7) is 3.28. The summed E-state index contributed by atoms with van der Waals surface area (Å²) in [5.41, 5.74) is 2.34. The zero-order valence-electron chi connectivity index (χ0n) is 9.43. The van der Waals surface area contributed by atoms with Gasteiger partial charge < -0.3 is 10.1 Å². The first kappa shape index (κ1) is 13.3. The van der Waals surface area contributed by atoms with E-state index in [-0.39, 0.29) is 12.0 Å². The Bertz CT molecular complexity index is 427. The number of nitrogens with one attached hydrogen (secondary N) is 1. The molecule has 1 unspecified atom stereocenters. The highest BCUT2D eigenvalue weighted by Gasteiger charge is 2.23. The first-order chi connectivity index (χ1) is 8.08. The molecule has 1 aliphatic heterocycles. The first-order valence-corrected chi connectivity index (χ1v) is 7.29. The van der Waals surface area contributed by atoms with Crippen molar-refractivity contribution in [3.63, 3.8) is 0 Å². The Morgan fingerprint density at radius 2 is 2.35 bits per heavy atom. The molecule has 1 fully saturated rings. The van der Waals surface area contributed by atoms with Crippen LogP contribution in [0.15, 0.2) is 16.6 Å². The van der Waals surface area contributed by atoms with Crippen LogP contribution in [0, 0.1) is 10.5 Å². The number of carbonyl (C=O) groups is 1. The number of hydrogen-bond donors (Lipinski definition) is 1. The van der Waals surface area contributed by atoms with E-state index in [1.807, 2.05) is 0 Å². The lowest BCUT2D eigenvalue weighted by molar-refractivity contribution is -0.137. The molecule has 3 nitrogen and oxygen atoms in total. The smallest absolute Gasteiger partial charge is 0.249 e. The molecule has 1 heterocycles. The minimum atomic E-state index is -0.352. The number of aryl methyl sites for hydroxylation is 1. The van der Waals surface area contributed by atoms with E-state index in [1.54, 1.807) is 0 Å². The van der Waals surface area contributed by atoms with Gasteiger partial charge in [0.15, 0.2) is 0 Å². The van der Waals surface area contributed by atoms with Gasteiger partial charge in [-0.05, 0) is 62.6 Å². The summed E-state index contributed by atoms with van der Waals surface area (Å²) >= 11 is 5.83. The van der Waals surface area contributed by atoms with Crippen LogP contribution in [-0.4, -0.2) is 25.2 Å². The zero-order chi connectivity index (χ0) is 12.4. The van der Waals surface area contributed by atoms with Gasteiger partial charge in [-0.15, -0.1) is 0 Å². The lowest BCUT2D eigenvalue weighted by Crippen LogP contribution is -2.45. The molecule has 1 aromatic rings. The number of hydrogen-bond acceptors (Lipinski definition) is 2. The maximum Gasteiger partial charge on any atom is 0.249 e. The first-order valence-electron chi connectivity index (χ1n) is 5.42. The Balaban J connectivity index is 2.15. The fourth-order valence-corrected chi connectivity index (χ4v) is 2.76. The average molecular weight is 410 g/mol. The normalized spacial score (nSPS) is 20.2. The molecule has 0 aromatic heterocycles. The van der Waals surface area contributed by atoms with Crippen molar-refractivity contribution in [2.45, 2.75) is 19.4 Å². The Morgan fingerprint density at radius 3 is 3.00 bits per heavy atom. The topological polar surface area (TPSA) is 38.3 Å². The quantitative estimate of drug-likeness (QED) is 0.762. The van der Waals surface area contributed by atoms with Crippen molar-refractivity contribution in [3.8, 4) is 0 Å². The van der Waals surface area contributed by atoms with Crippen molar-refractivity contribution in [1.29, 1.82) is 0 Å². The van der Waals surface area contributed by atoms with E-state index in [2.05, 4.69) is 62.9 Å². The van der Waals surface area contributed by atoms with Gasteiger partial charge in [-0.2, -0.15) is 0 Å². The second-order valence-electron chi connectivity index (χ2n) is 4.06. The maximum absolute atomic E-state index is 11.6. The third-order valence-corrected chi connectivity index (χ3v) is 5.50. The van der Waals surface area contributed by atoms with E-state index in [9.17, 15) is 4.79 Å². The van der Waals surface area contributed by atoms with Crippen LogP contribution in [-0.2, 0) is 16.0 Å². The van der Waals surface area contributed by atoms with Gasteiger partial charge in [-0.1, -0.05) is 6.07 Å². The molecule has 1 amide bonds. The largest absolute Gasteiger partial charge is 0.366 e. The summed E-state index contributed by atoms with van der Waals surface area (Å²) in [5.74, 6) is -0.0106. The van der Waals surface area contributed by atoms with Crippen LogP contribution < -0.4 is 5.32 Å². The molecule has 0 spiro atoms. The van der Waals surface area contributed by atoms with Crippen molar-refractivity contribution in [2.24, 2.45) is 0 Å². The van der Waals surface area contributed by atoms with Crippen molar-refractivity contribution < 1.29 is 9.53 Å². The van der Waals surface area contributed by atoms with Gasteiger partial charge in [0.25, 0.3) is 0 Å². The predicted molar refractivity (Wildman–Crippen MR) is 78.0 cm³/mol. The number of ether oxygens (including phenoxy) is 1. The molecule has 0 bridgehead atoms. The number of halogens is 2. The van der Waals surface area contributed by atoms with Gasteiger partial charge >= 0.3 is 0 Å². The second kappa shape index (κ2) is 5.67. The highest BCUT2D eigenvalue weighted by Crippen LogP contribution is 2.25. The summed E-state index contributed by atoms with van der Waals surface area (Å²) in [7, 11) is 0. The third-order valence-electron chi connectivity index (χ3n) is 2.70. The molecule has 0 aliphatic carbocycles. The number of amides is 1. The maximum atomic E-state index is 11.6. The monoisotopic (exact) mass is 409 g/mol. The number of benzene rings is 1. The minimum absolute atomic E-state index is 0.0106. The highest BCUT2D eigenvalue weighted by molar-refractivity contribution is 14.1. The van der Waals surface area contributed by atoms with E-state index in [1.165, 1.54) is 9.13 Å². The Labute approximate surface area is 123 Å². The van der Waals surface area contributed by atoms with Crippen LogP contribution in [0.1, 0.15) is 11.1 Å². The molecule has 17 heavy (non-hydrogen) atoms. The summed E-state index contributed by atoms with van der Waals surface area (Å²) in [4.78, 5) is 11.6. The summed E-state index contributed by atoms with van der Waals surface area (Å²) in [5, 5.41) is 2.82. The van der Waals surface area contributed by atoms with Crippen LogP contribution in [0.5, 0.6) is 0 Å². The second-order valence-corrected chi connectivity index (χ2v) is 6.00. The lowest BCUT2D eigenvalue weighted by atomic mass is 10.0. The molecule has 1 aromatic carbocycles. The van der Waals surface area contributed by atoms with Crippen molar-refractivity contribution in [3.05, 3.63) is 31.3 Å². The van der Waals surface area contributed by atoms with Gasteiger partial charge in [0, 0.05) is 21.0 Å². The molecule has 92 valence electrons. The fraction of sp³-hybridized carbons (Fsp3) is 0.417. The minimum Gasteiger partial charge on any atom is -0.366 e. The SMILES string of the molecule is Cc1cc(CC2OCCNC2=O)cc(Br)c1I. The van der Waals surface area contributed by atoms with Crippen molar-refractivity contribution in [1.82, 2.24) is 5.32 Å². The van der Waals surface area contributed by atoms with E-state index >= 15 is 0 Å². The molecule has 1 N–H and O–H groups in total. The van der Waals surface area contributed by atoms with Gasteiger partial charge in [0.2, 0.25) is 5.91 Å². The standard InChI is InChI=1S/C12H13BrINO2/c1-7-4-8(5-9(13)11(7)14)6-10-12(16)15-2-3-17-10/h4-5,10H,2-3,6H2,1H3,(H,15,16). The lowest BCUT2D eigenvalue weighted by Gasteiger charge is -2.22. The Kier molecular flexibility index (Phi) is 4.43. The van der Waals surface area contributed by atoms with Crippen LogP contribution in [0.25, 0.3) is 0 Å². The fourth-order valence-electron chi connectivity index (χ4n) is 1.85. The molecule has 1 saturated heterocycles. The van der Waals surface area contributed by atoms with Crippen LogP contribution in [0.2, 0.25) is 0 Å². The number of carbonyl (C=O) groups excluding carboxylic acids is 1. The third kappa shape index (κ3) is 3.20. The molecular formula is C12H13BrINO2. The van der Waals surface area contributed by atoms with E-state index in [0.29, 0.717) is 19.6 Å². The highest BCUT2D eigenvalue weighted by atomic mass is 127. The number of morpholine rings is 1.